The molecule has 0 aliphatic rings. The molecule has 84 valence electrons. The quantitative estimate of drug-likeness (QED) is 0.568. The third kappa shape index (κ3) is 4.43. The molecule has 0 heterocycles. The number of hydrogen-bond donors (Lipinski definition) is 2. The number of halogens is 1. The molecule has 1 aromatic carbocycles. The normalized spacial score (nSPS) is 10.3. The van der Waals surface area contributed by atoms with Gasteiger partial charge in [-0.05, 0) is 24.6 Å². The second-order valence-corrected chi connectivity index (χ2v) is 4.06. The van der Waals surface area contributed by atoms with E-state index in [2.05, 4.69) is 12.2 Å². The zero-order chi connectivity index (χ0) is 11.1. The number of phenols is 1. The van der Waals surface area contributed by atoms with Gasteiger partial charge < -0.3 is 10.4 Å². The van der Waals surface area contributed by atoms with Crippen LogP contribution in [0, 0.1) is 0 Å². The second-order valence-electron chi connectivity index (χ2n) is 3.65. The summed E-state index contributed by atoms with van der Waals surface area (Å²) in [7, 11) is 0. The van der Waals surface area contributed by atoms with Crippen molar-refractivity contribution in [2.45, 2.75) is 32.6 Å². The molecule has 0 aliphatic heterocycles. The molecule has 0 aliphatic carbocycles. The van der Waals surface area contributed by atoms with Crippen LogP contribution in [0.5, 0.6) is 5.75 Å². The van der Waals surface area contributed by atoms with Crippen molar-refractivity contribution >= 4 is 17.3 Å². The highest BCUT2D eigenvalue weighted by Crippen LogP contribution is 2.25. The minimum Gasteiger partial charge on any atom is -0.506 e. The Labute approximate surface area is 96.3 Å². The van der Waals surface area contributed by atoms with Gasteiger partial charge in [0.2, 0.25) is 0 Å². The van der Waals surface area contributed by atoms with Crippen molar-refractivity contribution in [3.8, 4) is 5.75 Å². The molecule has 1 aromatic rings. The van der Waals surface area contributed by atoms with Gasteiger partial charge in [-0.2, -0.15) is 0 Å². The smallest absolute Gasteiger partial charge is 0.134 e. The summed E-state index contributed by atoms with van der Waals surface area (Å²) in [6, 6.07) is 5.19. The summed E-state index contributed by atoms with van der Waals surface area (Å²) in [6.07, 6.45) is 4.98. The number of anilines is 1. The van der Waals surface area contributed by atoms with Crippen molar-refractivity contribution in [1.82, 2.24) is 0 Å². The van der Waals surface area contributed by atoms with Gasteiger partial charge in [0, 0.05) is 12.2 Å². The highest BCUT2D eigenvalue weighted by molar-refractivity contribution is 6.32. The van der Waals surface area contributed by atoms with Gasteiger partial charge in [0.05, 0.1) is 5.02 Å². The van der Waals surface area contributed by atoms with Crippen molar-refractivity contribution in [2.75, 3.05) is 11.9 Å². The molecule has 0 saturated heterocycles. The number of hydrogen-bond acceptors (Lipinski definition) is 2. The Morgan fingerprint density at radius 2 is 2.07 bits per heavy atom. The van der Waals surface area contributed by atoms with E-state index in [0.29, 0.717) is 5.02 Å². The summed E-state index contributed by atoms with van der Waals surface area (Å²) in [5.41, 5.74) is 0.967. The van der Waals surface area contributed by atoms with Gasteiger partial charge in [-0.1, -0.05) is 37.8 Å². The summed E-state index contributed by atoms with van der Waals surface area (Å²) < 4.78 is 0. The van der Waals surface area contributed by atoms with Gasteiger partial charge in [-0.25, -0.2) is 0 Å². The first-order chi connectivity index (χ1) is 7.24. The van der Waals surface area contributed by atoms with Crippen LogP contribution in [0.4, 0.5) is 5.69 Å². The second kappa shape index (κ2) is 6.57. The first-order valence-corrected chi connectivity index (χ1v) is 5.84. The molecule has 1 rings (SSSR count). The molecule has 0 radical (unpaired) electrons. The third-order valence-corrected chi connectivity index (χ3v) is 2.61. The first kappa shape index (κ1) is 12.2. The molecular weight excluding hydrogens is 210 g/mol. The highest BCUT2D eigenvalue weighted by atomic mass is 35.5. The van der Waals surface area contributed by atoms with E-state index in [1.54, 1.807) is 12.1 Å². The fourth-order valence-electron chi connectivity index (χ4n) is 1.40. The topological polar surface area (TPSA) is 32.3 Å². The van der Waals surface area contributed by atoms with Crippen LogP contribution in [0.2, 0.25) is 5.02 Å². The Morgan fingerprint density at radius 1 is 1.27 bits per heavy atom. The standard InChI is InChI=1S/C12H18ClNO/c1-2-3-4-5-8-14-10-6-7-12(15)11(13)9-10/h6-7,9,14-15H,2-5,8H2,1H3. The van der Waals surface area contributed by atoms with Gasteiger partial charge in [-0.15, -0.1) is 0 Å². The molecular formula is C12H18ClNO. The van der Waals surface area contributed by atoms with Crippen LogP contribution in [-0.4, -0.2) is 11.7 Å². The average Bonchev–Trinajstić information content (AvgIpc) is 2.23. The van der Waals surface area contributed by atoms with E-state index in [1.807, 2.05) is 6.07 Å². The molecule has 0 bridgehead atoms. The number of benzene rings is 1. The molecule has 0 fully saturated rings. The van der Waals surface area contributed by atoms with Crippen LogP contribution < -0.4 is 5.32 Å². The Bertz CT molecular complexity index is 302. The van der Waals surface area contributed by atoms with E-state index in [0.717, 1.165) is 12.2 Å². The van der Waals surface area contributed by atoms with Crippen molar-refractivity contribution in [3.05, 3.63) is 23.2 Å². The highest BCUT2D eigenvalue weighted by Gasteiger charge is 1.98. The van der Waals surface area contributed by atoms with Crippen LogP contribution in [-0.2, 0) is 0 Å². The largest absolute Gasteiger partial charge is 0.506 e. The van der Waals surface area contributed by atoms with Gasteiger partial charge in [0.1, 0.15) is 5.75 Å². The van der Waals surface area contributed by atoms with E-state index < -0.39 is 0 Å². The molecule has 15 heavy (non-hydrogen) atoms. The monoisotopic (exact) mass is 227 g/mol. The van der Waals surface area contributed by atoms with Gasteiger partial charge in [0.25, 0.3) is 0 Å². The number of aromatic hydroxyl groups is 1. The van der Waals surface area contributed by atoms with Crippen molar-refractivity contribution in [2.24, 2.45) is 0 Å². The van der Waals surface area contributed by atoms with Crippen molar-refractivity contribution in [1.29, 1.82) is 0 Å². The zero-order valence-electron chi connectivity index (χ0n) is 9.09. The van der Waals surface area contributed by atoms with Crippen LogP contribution in [0.25, 0.3) is 0 Å². The van der Waals surface area contributed by atoms with E-state index in [9.17, 15) is 5.11 Å². The maximum Gasteiger partial charge on any atom is 0.134 e. The maximum absolute atomic E-state index is 9.23. The summed E-state index contributed by atoms with van der Waals surface area (Å²) >= 11 is 5.79. The predicted molar refractivity (Wildman–Crippen MR) is 65.7 cm³/mol. The van der Waals surface area contributed by atoms with E-state index in [1.165, 1.54) is 25.7 Å². The van der Waals surface area contributed by atoms with Crippen molar-refractivity contribution in [3.63, 3.8) is 0 Å². The minimum absolute atomic E-state index is 0.133. The minimum atomic E-state index is 0.133. The Hall–Kier alpha value is -0.890. The fraction of sp³-hybridized carbons (Fsp3) is 0.500. The lowest BCUT2D eigenvalue weighted by Gasteiger charge is -2.06. The molecule has 0 aromatic heterocycles. The summed E-state index contributed by atoms with van der Waals surface area (Å²) in [6.45, 7) is 3.16. The lowest BCUT2D eigenvalue weighted by molar-refractivity contribution is 0.475. The van der Waals surface area contributed by atoms with Gasteiger partial charge >= 0.3 is 0 Å². The number of nitrogens with one attached hydrogen (secondary N) is 1. The third-order valence-electron chi connectivity index (χ3n) is 2.31. The number of unbranched alkanes of at least 4 members (excludes halogenated alkanes) is 3. The average molecular weight is 228 g/mol. The van der Waals surface area contributed by atoms with E-state index in [4.69, 9.17) is 11.6 Å². The maximum atomic E-state index is 9.23. The van der Waals surface area contributed by atoms with E-state index >= 15 is 0 Å². The number of phenolic OH excluding ortho intramolecular Hbond substituents is 1. The van der Waals surface area contributed by atoms with Crippen LogP contribution >= 0.6 is 11.6 Å². The van der Waals surface area contributed by atoms with Crippen molar-refractivity contribution < 1.29 is 5.11 Å². The van der Waals surface area contributed by atoms with Crippen LogP contribution in [0.1, 0.15) is 32.6 Å². The molecule has 3 heteroatoms. The Kier molecular flexibility index (Phi) is 5.33. The number of rotatable bonds is 6. The zero-order valence-corrected chi connectivity index (χ0v) is 9.85. The first-order valence-electron chi connectivity index (χ1n) is 5.46. The molecule has 0 saturated carbocycles. The van der Waals surface area contributed by atoms with Crippen LogP contribution in [0.3, 0.4) is 0 Å². The molecule has 0 atom stereocenters. The summed E-state index contributed by atoms with van der Waals surface area (Å²) in [4.78, 5) is 0. The lowest BCUT2D eigenvalue weighted by Crippen LogP contribution is -2.00. The molecule has 0 spiro atoms. The Balaban J connectivity index is 2.28. The Morgan fingerprint density at radius 3 is 2.73 bits per heavy atom. The van der Waals surface area contributed by atoms with Gasteiger partial charge in [-0.3, -0.25) is 0 Å². The van der Waals surface area contributed by atoms with Gasteiger partial charge in [0.15, 0.2) is 0 Å². The predicted octanol–water partition coefficient (Wildman–Crippen LogP) is 4.04. The summed E-state index contributed by atoms with van der Waals surface area (Å²) in [5, 5.41) is 12.9. The molecule has 0 amide bonds. The van der Waals surface area contributed by atoms with Crippen LogP contribution in [0.15, 0.2) is 18.2 Å². The summed E-state index contributed by atoms with van der Waals surface area (Å²) in [5.74, 6) is 0.133. The molecule has 2 nitrogen and oxygen atoms in total. The molecule has 2 N–H and O–H groups in total. The molecule has 0 unspecified atom stereocenters. The lowest BCUT2D eigenvalue weighted by atomic mass is 10.2. The fourth-order valence-corrected chi connectivity index (χ4v) is 1.58. The van der Waals surface area contributed by atoms with E-state index in [-0.39, 0.29) is 5.75 Å². The SMILES string of the molecule is CCCCCCNc1ccc(O)c(Cl)c1.